The van der Waals surface area contributed by atoms with Crippen LogP contribution in [0.5, 0.6) is 0 Å². The number of hydrogen-bond acceptors (Lipinski definition) is 6. The Labute approximate surface area is 233 Å². The average Bonchev–Trinajstić information content (AvgIpc) is 2.84. The summed E-state index contributed by atoms with van der Waals surface area (Å²) in [5, 5.41) is 0. The quantitative estimate of drug-likeness (QED) is 0.0589. The maximum Gasteiger partial charge on any atom is 0.501 e. The first-order valence-electron chi connectivity index (χ1n) is 15.3. The predicted octanol–water partition coefficient (Wildman–Crippen LogP) is 7.68. The Balaban J connectivity index is 3.98. The molecule has 0 spiro atoms. The Morgan fingerprint density at radius 2 is 0.861 bits per heavy atom. The molecule has 0 atom stereocenters. The van der Waals surface area contributed by atoms with Crippen LogP contribution in [-0.2, 0) is 13.3 Å². The first kappa shape index (κ1) is 36.4. The Morgan fingerprint density at radius 3 is 1.22 bits per heavy atom. The molecule has 5 nitrogen and oxygen atoms in total. The van der Waals surface area contributed by atoms with Crippen LogP contribution < -0.4 is 0 Å². The molecule has 0 aliphatic heterocycles. The van der Waals surface area contributed by atoms with Gasteiger partial charge in [-0.3, -0.25) is 0 Å². The van der Waals surface area contributed by atoms with Gasteiger partial charge in [0.05, 0.1) is 13.2 Å². The SMILES string of the molecule is CCCCCCCCCCCCCCCCCCO[Si](CCCS)(OCCN(C)C)OCCN(C)C. The van der Waals surface area contributed by atoms with Gasteiger partial charge < -0.3 is 23.1 Å². The molecule has 0 N–H and O–H groups in total. The van der Waals surface area contributed by atoms with Crippen molar-refractivity contribution in [3.05, 3.63) is 0 Å². The molecule has 0 bridgehead atoms. The standard InChI is InChI=1S/C29H64N2O3SSi/c1-6-7-8-9-10-11-12-13-14-15-16-17-18-19-20-21-25-32-36(29-22-28-35,33-26-23-30(2)3)34-27-24-31(4)5/h35H,6-29H2,1-5H3. The zero-order valence-corrected chi connectivity index (χ0v) is 26.9. The lowest BCUT2D eigenvalue weighted by Crippen LogP contribution is -2.48. The number of likely N-dealkylation sites (N-methyl/N-ethyl adjacent to an activating group) is 2. The minimum Gasteiger partial charge on any atom is -0.373 e. The third kappa shape index (κ3) is 24.7. The summed E-state index contributed by atoms with van der Waals surface area (Å²) in [6, 6.07) is 0.857. The summed E-state index contributed by atoms with van der Waals surface area (Å²) in [5.74, 6) is 0.839. The molecular weight excluding hydrogens is 484 g/mol. The fourth-order valence-corrected chi connectivity index (χ4v) is 7.29. The van der Waals surface area contributed by atoms with Gasteiger partial charge in [0.25, 0.3) is 0 Å². The molecule has 0 aliphatic rings. The van der Waals surface area contributed by atoms with E-state index < -0.39 is 8.80 Å². The molecule has 0 radical (unpaired) electrons. The zero-order valence-electron chi connectivity index (χ0n) is 25.0. The van der Waals surface area contributed by atoms with Gasteiger partial charge in [-0.2, -0.15) is 12.6 Å². The molecule has 218 valence electrons. The molecular formula is C29H64N2O3SSi. The summed E-state index contributed by atoms with van der Waals surface area (Å²) in [6.07, 6.45) is 23.1. The normalized spacial score (nSPS) is 12.3. The van der Waals surface area contributed by atoms with Crippen LogP contribution in [0.1, 0.15) is 116 Å². The maximum absolute atomic E-state index is 6.44. The van der Waals surface area contributed by atoms with Gasteiger partial charge in [0, 0.05) is 25.7 Å². The summed E-state index contributed by atoms with van der Waals surface area (Å²) in [6.45, 7) is 6.13. The van der Waals surface area contributed by atoms with Crippen LogP contribution in [0, 0.1) is 0 Å². The van der Waals surface area contributed by atoms with E-state index in [1.54, 1.807) is 0 Å². The van der Waals surface area contributed by atoms with Crippen molar-refractivity contribution in [3.63, 3.8) is 0 Å². The Kier molecular flexibility index (Phi) is 27.2. The van der Waals surface area contributed by atoms with E-state index >= 15 is 0 Å². The van der Waals surface area contributed by atoms with Gasteiger partial charge in [-0.05, 0) is 46.8 Å². The molecule has 0 saturated carbocycles. The first-order valence-corrected chi connectivity index (χ1v) is 17.8. The topological polar surface area (TPSA) is 34.2 Å². The molecule has 0 aromatic rings. The lowest BCUT2D eigenvalue weighted by Gasteiger charge is -2.31. The Morgan fingerprint density at radius 1 is 0.500 bits per heavy atom. The monoisotopic (exact) mass is 548 g/mol. The third-order valence-corrected chi connectivity index (χ3v) is 9.90. The van der Waals surface area contributed by atoms with Crippen LogP contribution >= 0.6 is 12.6 Å². The van der Waals surface area contributed by atoms with Crippen LogP contribution in [0.25, 0.3) is 0 Å². The van der Waals surface area contributed by atoms with Crippen molar-refractivity contribution in [3.8, 4) is 0 Å². The Hall–Kier alpha value is 0.367. The molecule has 0 fully saturated rings. The minimum atomic E-state index is -2.66. The largest absolute Gasteiger partial charge is 0.501 e. The van der Waals surface area contributed by atoms with Crippen molar-refractivity contribution in [2.75, 3.05) is 66.9 Å². The van der Waals surface area contributed by atoms with E-state index in [1.165, 1.54) is 96.3 Å². The van der Waals surface area contributed by atoms with Gasteiger partial charge in [-0.1, -0.05) is 103 Å². The lowest BCUT2D eigenvalue weighted by atomic mass is 10.0. The molecule has 0 saturated heterocycles. The lowest BCUT2D eigenvalue weighted by molar-refractivity contribution is 0.0496. The van der Waals surface area contributed by atoms with Gasteiger partial charge in [0.1, 0.15) is 0 Å². The maximum atomic E-state index is 6.44. The number of unbranched alkanes of at least 4 members (excludes halogenated alkanes) is 15. The number of hydrogen-bond donors (Lipinski definition) is 1. The molecule has 0 aromatic carbocycles. The van der Waals surface area contributed by atoms with Crippen LogP contribution in [0.3, 0.4) is 0 Å². The molecule has 36 heavy (non-hydrogen) atoms. The summed E-state index contributed by atoms with van der Waals surface area (Å²) in [4.78, 5) is 4.29. The van der Waals surface area contributed by atoms with E-state index in [-0.39, 0.29) is 0 Å². The van der Waals surface area contributed by atoms with Crippen molar-refractivity contribution < 1.29 is 13.3 Å². The molecule has 0 aliphatic carbocycles. The van der Waals surface area contributed by atoms with Crippen molar-refractivity contribution in [2.24, 2.45) is 0 Å². The minimum absolute atomic E-state index is 0.659. The van der Waals surface area contributed by atoms with Crippen LogP contribution in [-0.4, -0.2) is 85.5 Å². The van der Waals surface area contributed by atoms with E-state index in [9.17, 15) is 0 Å². The highest BCUT2D eigenvalue weighted by Gasteiger charge is 2.40. The van der Waals surface area contributed by atoms with Gasteiger partial charge in [-0.25, -0.2) is 0 Å². The smallest absolute Gasteiger partial charge is 0.373 e. The van der Waals surface area contributed by atoms with Crippen LogP contribution in [0.2, 0.25) is 6.04 Å². The van der Waals surface area contributed by atoms with Crippen molar-refractivity contribution in [1.29, 1.82) is 0 Å². The second-order valence-corrected chi connectivity index (χ2v) is 14.1. The second kappa shape index (κ2) is 27.0. The molecule has 0 unspecified atom stereocenters. The predicted molar refractivity (Wildman–Crippen MR) is 164 cm³/mol. The number of nitrogens with zero attached hydrogens (tertiary/aromatic N) is 2. The summed E-state index contributed by atoms with van der Waals surface area (Å²) < 4.78 is 19.1. The van der Waals surface area contributed by atoms with Gasteiger partial charge >= 0.3 is 8.80 Å². The van der Waals surface area contributed by atoms with E-state index in [1.807, 2.05) is 0 Å². The first-order chi connectivity index (χ1) is 17.5. The van der Waals surface area contributed by atoms with Crippen molar-refractivity contribution in [2.45, 2.75) is 122 Å². The fraction of sp³-hybridized carbons (Fsp3) is 1.00. The molecule has 0 rings (SSSR count). The van der Waals surface area contributed by atoms with Crippen LogP contribution in [0.4, 0.5) is 0 Å². The summed E-state index contributed by atoms with van der Waals surface area (Å²) >= 11 is 4.43. The van der Waals surface area contributed by atoms with Crippen molar-refractivity contribution in [1.82, 2.24) is 9.80 Å². The van der Waals surface area contributed by atoms with E-state index in [2.05, 4.69) is 57.5 Å². The highest BCUT2D eigenvalue weighted by molar-refractivity contribution is 7.80. The zero-order chi connectivity index (χ0) is 26.7. The molecule has 0 amide bonds. The number of thiol groups is 1. The van der Waals surface area contributed by atoms with Gasteiger partial charge in [0.2, 0.25) is 0 Å². The molecule has 0 heterocycles. The van der Waals surface area contributed by atoms with E-state index in [4.69, 9.17) is 13.3 Å². The average molecular weight is 549 g/mol. The van der Waals surface area contributed by atoms with E-state index in [0.717, 1.165) is 44.3 Å². The summed E-state index contributed by atoms with van der Waals surface area (Å²) in [7, 11) is 5.63. The van der Waals surface area contributed by atoms with Gasteiger partial charge in [-0.15, -0.1) is 0 Å². The summed E-state index contributed by atoms with van der Waals surface area (Å²) in [5.41, 5.74) is 0. The number of rotatable bonds is 29. The van der Waals surface area contributed by atoms with E-state index in [0.29, 0.717) is 13.2 Å². The third-order valence-electron chi connectivity index (χ3n) is 6.68. The highest BCUT2D eigenvalue weighted by Crippen LogP contribution is 2.20. The molecule has 0 aromatic heterocycles. The van der Waals surface area contributed by atoms with Crippen LogP contribution in [0.15, 0.2) is 0 Å². The van der Waals surface area contributed by atoms with Gasteiger partial charge in [0.15, 0.2) is 0 Å². The fourth-order valence-electron chi connectivity index (χ4n) is 4.28. The van der Waals surface area contributed by atoms with Crippen molar-refractivity contribution >= 4 is 21.4 Å². The highest BCUT2D eigenvalue weighted by atomic mass is 32.1. The second-order valence-electron chi connectivity index (χ2n) is 11.0. The molecule has 7 heteroatoms. The Bertz CT molecular complexity index is 431.